The van der Waals surface area contributed by atoms with Crippen molar-refractivity contribution in [2.24, 2.45) is 0 Å². The molecule has 0 saturated carbocycles. The number of benzene rings is 16. The lowest BCUT2D eigenvalue weighted by Gasteiger charge is -2.14. The number of para-hydroxylation sites is 4. The van der Waals surface area contributed by atoms with Crippen molar-refractivity contribution in [2.45, 2.75) is 0 Å². The number of fused-ring (bicyclic) bond motifs is 28. The van der Waals surface area contributed by atoms with E-state index in [1.54, 1.807) is 0 Å². The highest BCUT2D eigenvalue weighted by molar-refractivity contribution is 7.27. The van der Waals surface area contributed by atoms with E-state index < -0.39 is 0 Å². The van der Waals surface area contributed by atoms with E-state index in [0.29, 0.717) is 22.8 Å². The van der Waals surface area contributed by atoms with Crippen LogP contribution in [0.15, 0.2) is 336 Å². The molecular weight excluding hydrogens is 1370 g/mol. The van der Waals surface area contributed by atoms with Crippen LogP contribution in [0, 0.1) is 0 Å². The van der Waals surface area contributed by atoms with Crippen molar-refractivity contribution in [3.63, 3.8) is 0 Å². The molecule has 0 fully saturated rings. The molecule has 16 aromatic carbocycles. The van der Waals surface area contributed by atoms with E-state index in [0.717, 1.165) is 82.4 Å². The third-order valence-corrected chi connectivity index (χ3v) is 23.8. The summed E-state index contributed by atoms with van der Waals surface area (Å²) in [5.74, 6) is 0.619. The number of nitrogens with zero attached hydrogens (tertiary/aromatic N) is 5. The number of aromatic amines is 1. The molecule has 0 saturated heterocycles. The molecule has 0 spiro atoms. The molecule has 0 aliphatic heterocycles. The quantitative estimate of drug-likeness (QED) is 0.172. The van der Waals surface area contributed by atoms with Crippen molar-refractivity contribution >= 4 is 205 Å². The zero-order valence-electron chi connectivity index (χ0n) is 56.9. The summed E-state index contributed by atoms with van der Waals surface area (Å²) in [6, 6.07) is 115. The van der Waals surface area contributed by atoms with E-state index in [1.807, 2.05) is 71.2 Å². The Morgan fingerprint density at radius 3 is 1.27 bits per heavy atom. The fourth-order valence-corrected chi connectivity index (χ4v) is 19.3. The van der Waals surface area contributed by atoms with E-state index in [1.165, 1.54) is 117 Å². The molecule has 24 aromatic rings. The van der Waals surface area contributed by atoms with Crippen LogP contribution in [0.3, 0.4) is 0 Å². The SMILES string of the molecule is Clc1nc(-c2ccc(-c3ccccc3)c3ccccc23)c2oc3ccccc3c2n1.c1ccc(-c2ccc(-c3nc(-n4c5ccccc5c5c6ccccc6c6sc7ccccc7c6c54)nc4c3oc3ccccc34)c3ccccc23)cc1.c1ccc2c(c1)[nH]c1c2c2ccccc2c2sc3ccccc3c12. The Morgan fingerprint density at radius 1 is 0.299 bits per heavy atom. The number of H-pyrrole nitrogens is 1. The zero-order chi connectivity index (χ0) is 70.4. The maximum atomic E-state index is 6.69. The van der Waals surface area contributed by atoms with E-state index in [-0.39, 0.29) is 5.28 Å². The Bertz CT molecular complexity index is 7800. The summed E-state index contributed by atoms with van der Waals surface area (Å²) in [5.41, 5.74) is 17.3. The Balaban J connectivity index is 0.000000111. The molecule has 1 N–H and O–H groups in total. The van der Waals surface area contributed by atoms with Crippen LogP contribution < -0.4 is 0 Å². The van der Waals surface area contributed by atoms with Gasteiger partial charge in [-0.3, -0.25) is 4.57 Å². The molecule has 500 valence electrons. The number of nitrogens with one attached hydrogen (secondary N) is 1. The number of aromatic nitrogens is 6. The van der Waals surface area contributed by atoms with Gasteiger partial charge in [-0.2, -0.15) is 0 Å². The summed E-state index contributed by atoms with van der Waals surface area (Å²) in [7, 11) is 0. The lowest BCUT2D eigenvalue weighted by Crippen LogP contribution is -2.03. The Hall–Kier alpha value is -13.4. The Kier molecular flexibility index (Phi) is 13.9. The van der Waals surface area contributed by atoms with Gasteiger partial charge in [-0.05, 0) is 115 Å². The van der Waals surface area contributed by atoms with Crippen LogP contribution in [0.1, 0.15) is 0 Å². The van der Waals surface area contributed by atoms with Gasteiger partial charge in [0.25, 0.3) is 0 Å². The summed E-state index contributed by atoms with van der Waals surface area (Å²) in [6.45, 7) is 0. The molecule has 8 aromatic heterocycles. The van der Waals surface area contributed by atoms with Crippen molar-refractivity contribution in [1.82, 2.24) is 29.5 Å². The molecule has 11 heteroatoms. The normalized spacial score (nSPS) is 12.0. The topological polar surface area (TPSA) is 98.6 Å². The largest absolute Gasteiger partial charge is 0.452 e. The molecule has 8 heterocycles. The van der Waals surface area contributed by atoms with Gasteiger partial charge < -0.3 is 13.8 Å². The van der Waals surface area contributed by atoms with E-state index in [4.69, 9.17) is 30.4 Å². The summed E-state index contributed by atoms with van der Waals surface area (Å²) < 4.78 is 20.4. The molecule has 24 rings (SSSR count). The standard InChI is InChI=1S/C48H27N3OS.C26H15ClN2O.C22H13NS/c1-2-14-28(15-3-1)29-26-27-33(31-17-5-4-16-30(29)31)43-46-44(36-21-9-12-24-39(36)52-46)50-48(49-43)51-38-23-11-8-20-35(38)41-32-18-6-7-19-34(32)47-42(45(41)51)37-22-10-13-25-40(37)53-47;27-26-28-23(25-24(29-26)21-12-6-7-13-22(21)30-25)20-15-14-17(16-8-2-1-3-9-16)18-10-4-5-11-19(18)20;1-2-8-14-13(7-1)19-15-9-3-5-11-17(15)23-21(19)20-16-10-4-6-12-18(16)24-22(14)20/h1-27H;1-15H;1-12,23H. The van der Waals surface area contributed by atoms with Gasteiger partial charge in [0.1, 0.15) is 33.6 Å². The number of thiophene rings is 2. The summed E-state index contributed by atoms with van der Waals surface area (Å²) in [5, 5.41) is 22.0. The van der Waals surface area contributed by atoms with Crippen molar-refractivity contribution in [3.05, 3.63) is 333 Å². The minimum absolute atomic E-state index is 0.209. The molecule has 0 aliphatic carbocycles. The first-order valence-electron chi connectivity index (χ1n) is 35.7. The fourth-order valence-electron chi connectivity index (χ4n) is 16.7. The van der Waals surface area contributed by atoms with E-state index in [2.05, 4.69) is 299 Å². The minimum atomic E-state index is 0.209. The first kappa shape index (κ1) is 61.2. The third kappa shape index (κ3) is 9.53. The summed E-state index contributed by atoms with van der Waals surface area (Å²) in [6.07, 6.45) is 0. The van der Waals surface area contributed by atoms with E-state index in [9.17, 15) is 0 Å². The molecule has 0 aliphatic rings. The molecule has 0 atom stereocenters. The average Bonchev–Trinajstić information content (AvgIpc) is 1.56. The van der Waals surface area contributed by atoms with Crippen LogP contribution in [0.4, 0.5) is 0 Å². The smallest absolute Gasteiger partial charge is 0.236 e. The molecule has 0 unspecified atom stereocenters. The molecular formula is C96H55ClN6O2S2. The first-order valence-corrected chi connectivity index (χ1v) is 37.7. The fraction of sp³-hybridized carbons (Fsp3) is 0. The van der Waals surface area contributed by atoms with Crippen LogP contribution in [-0.4, -0.2) is 29.5 Å². The van der Waals surface area contributed by atoms with Crippen LogP contribution in [0.5, 0.6) is 0 Å². The molecule has 0 radical (unpaired) electrons. The average molecular weight is 1420 g/mol. The van der Waals surface area contributed by atoms with Crippen LogP contribution in [-0.2, 0) is 0 Å². The van der Waals surface area contributed by atoms with Gasteiger partial charge in [-0.25, -0.2) is 19.9 Å². The van der Waals surface area contributed by atoms with Gasteiger partial charge in [0.15, 0.2) is 11.2 Å². The molecule has 0 amide bonds. The van der Waals surface area contributed by atoms with Crippen molar-refractivity contribution in [1.29, 1.82) is 0 Å². The maximum absolute atomic E-state index is 6.69. The Morgan fingerprint density at radius 2 is 0.701 bits per heavy atom. The highest BCUT2D eigenvalue weighted by Crippen LogP contribution is 2.51. The van der Waals surface area contributed by atoms with Crippen molar-refractivity contribution < 1.29 is 8.83 Å². The monoisotopic (exact) mass is 1420 g/mol. The number of halogens is 1. The lowest BCUT2D eigenvalue weighted by molar-refractivity contribution is 0.666. The second kappa shape index (κ2) is 24.4. The van der Waals surface area contributed by atoms with Crippen LogP contribution in [0.25, 0.3) is 222 Å². The predicted molar refractivity (Wildman–Crippen MR) is 451 cm³/mol. The van der Waals surface area contributed by atoms with Gasteiger partial charge >= 0.3 is 0 Å². The lowest BCUT2D eigenvalue weighted by atomic mass is 9.93. The number of hydrogen-bond donors (Lipinski definition) is 1. The molecule has 0 bridgehead atoms. The summed E-state index contributed by atoms with van der Waals surface area (Å²) in [4.78, 5) is 23.8. The molecule has 8 nitrogen and oxygen atoms in total. The minimum Gasteiger partial charge on any atom is -0.452 e. The molecule has 107 heavy (non-hydrogen) atoms. The maximum Gasteiger partial charge on any atom is 0.236 e. The third-order valence-electron chi connectivity index (χ3n) is 21.3. The van der Waals surface area contributed by atoms with Gasteiger partial charge in [0.2, 0.25) is 11.2 Å². The highest BCUT2D eigenvalue weighted by Gasteiger charge is 2.28. The van der Waals surface area contributed by atoms with Gasteiger partial charge in [-0.15, -0.1) is 22.7 Å². The summed E-state index contributed by atoms with van der Waals surface area (Å²) >= 11 is 10.1. The van der Waals surface area contributed by atoms with Crippen molar-refractivity contribution in [2.75, 3.05) is 0 Å². The Labute approximate surface area is 622 Å². The van der Waals surface area contributed by atoms with Crippen molar-refractivity contribution in [3.8, 4) is 50.7 Å². The van der Waals surface area contributed by atoms with Crippen LogP contribution in [0.2, 0.25) is 5.28 Å². The number of hydrogen-bond acceptors (Lipinski definition) is 8. The van der Waals surface area contributed by atoms with Gasteiger partial charge in [0.05, 0.1) is 16.6 Å². The zero-order valence-corrected chi connectivity index (χ0v) is 59.3. The second-order valence-corrected chi connectivity index (χ2v) is 29.5. The van der Waals surface area contributed by atoms with Gasteiger partial charge in [-0.1, -0.05) is 279 Å². The van der Waals surface area contributed by atoms with Gasteiger partial charge in [0, 0.05) is 100 Å². The number of rotatable bonds is 5. The second-order valence-electron chi connectivity index (χ2n) is 27.1. The highest BCUT2D eigenvalue weighted by atomic mass is 35.5. The van der Waals surface area contributed by atoms with Crippen LogP contribution >= 0.6 is 34.3 Å². The predicted octanol–water partition coefficient (Wildman–Crippen LogP) is 27.8. The number of furan rings is 2. The van der Waals surface area contributed by atoms with E-state index >= 15 is 0 Å². The first-order chi connectivity index (χ1) is 53.0.